The van der Waals surface area contributed by atoms with Crippen molar-refractivity contribution in [3.63, 3.8) is 0 Å². The maximum atomic E-state index is 12.0. The van der Waals surface area contributed by atoms with E-state index in [0.29, 0.717) is 25.9 Å². The minimum absolute atomic E-state index is 0.0561. The number of carbonyl (C=O) groups excluding carboxylic acids is 1. The van der Waals surface area contributed by atoms with Gasteiger partial charge in [0.25, 0.3) is 10.2 Å². The predicted molar refractivity (Wildman–Crippen MR) is 88.1 cm³/mol. The fourth-order valence-electron chi connectivity index (χ4n) is 2.35. The summed E-state index contributed by atoms with van der Waals surface area (Å²) in [6.07, 6.45) is 3.05. The van der Waals surface area contributed by atoms with E-state index >= 15 is 0 Å². The summed E-state index contributed by atoms with van der Waals surface area (Å²) in [6, 6.07) is 7.22. The maximum Gasteiger partial charge on any atom is 0.319 e. The third-order valence-electron chi connectivity index (χ3n) is 3.50. The van der Waals surface area contributed by atoms with Crippen LogP contribution in [0.2, 0.25) is 0 Å². The molecular weight excluding hydrogens is 324 g/mol. The van der Waals surface area contributed by atoms with Gasteiger partial charge >= 0.3 is 6.03 Å². The van der Waals surface area contributed by atoms with Gasteiger partial charge in [0.2, 0.25) is 0 Å². The molecule has 0 saturated carbocycles. The van der Waals surface area contributed by atoms with E-state index in [2.05, 4.69) is 10.6 Å². The van der Waals surface area contributed by atoms with Crippen molar-refractivity contribution in [1.82, 2.24) is 9.62 Å². The first kappa shape index (κ1) is 17.1. The number of nitrogens with two attached hydrogens (primary N) is 1. The first-order valence-electron chi connectivity index (χ1n) is 6.88. The molecule has 22 heavy (non-hydrogen) atoms. The van der Waals surface area contributed by atoms with E-state index < -0.39 is 10.2 Å². The molecule has 0 bridgehead atoms. The standard InChI is InChI=1S/C13H20N4O3S2/c1-21-12-5-3-2-4-11(12)16-13(18)15-10-6-8-17(9-7-10)22(14,19)20/h2-5,10H,6-9H2,1H3,(H2,14,19,20)(H2,15,16,18). The fraction of sp³-hybridized carbons (Fsp3) is 0.462. The molecule has 4 N–H and O–H groups in total. The molecule has 1 aliphatic heterocycles. The van der Waals surface area contributed by atoms with E-state index in [-0.39, 0.29) is 12.1 Å². The smallest absolute Gasteiger partial charge is 0.319 e. The Labute approximate surface area is 134 Å². The third kappa shape index (κ3) is 4.60. The number of hydrogen-bond acceptors (Lipinski definition) is 4. The second-order valence-corrected chi connectivity index (χ2v) is 7.41. The quantitative estimate of drug-likeness (QED) is 0.714. The molecule has 1 aliphatic rings. The first-order chi connectivity index (χ1) is 10.4. The van der Waals surface area contributed by atoms with Gasteiger partial charge in [0.15, 0.2) is 0 Å². The van der Waals surface area contributed by atoms with E-state index in [1.165, 1.54) is 4.31 Å². The largest absolute Gasteiger partial charge is 0.335 e. The van der Waals surface area contributed by atoms with E-state index in [4.69, 9.17) is 5.14 Å². The molecular formula is C13H20N4O3S2. The van der Waals surface area contributed by atoms with Crippen LogP contribution in [0.25, 0.3) is 0 Å². The lowest BCUT2D eigenvalue weighted by molar-refractivity contribution is 0.238. The van der Waals surface area contributed by atoms with E-state index in [9.17, 15) is 13.2 Å². The number of benzene rings is 1. The number of piperidine rings is 1. The van der Waals surface area contributed by atoms with Gasteiger partial charge in [-0.2, -0.15) is 12.7 Å². The van der Waals surface area contributed by atoms with Crippen LogP contribution in [-0.4, -0.2) is 44.1 Å². The van der Waals surface area contributed by atoms with Crippen LogP contribution >= 0.6 is 11.8 Å². The number of amides is 2. The maximum absolute atomic E-state index is 12.0. The Morgan fingerprint density at radius 1 is 1.32 bits per heavy atom. The average molecular weight is 344 g/mol. The summed E-state index contributed by atoms with van der Waals surface area (Å²) in [6.45, 7) is 0.649. The summed E-state index contributed by atoms with van der Waals surface area (Å²) >= 11 is 1.56. The predicted octanol–water partition coefficient (Wildman–Crippen LogP) is 1.20. The van der Waals surface area contributed by atoms with Gasteiger partial charge in [-0.15, -0.1) is 11.8 Å². The minimum Gasteiger partial charge on any atom is -0.335 e. The Hall–Kier alpha value is -1.29. The van der Waals surface area contributed by atoms with Crippen LogP contribution in [0.15, 0.2) is 29.2 Å². The van der Waals surface area contributed by atoms with Gasteiger partial charge in [0, 0.05) is 24.0 Å². The molecule has 1 aromatic rings. The molecule has 1 fully saturated rings. The van der Waals surface area contributed by atoms with Crippen LogP contribution in [0.3, 0.4) is 0 Å². The molecule has 0 atom stereocenters. The normalized spacial score (nSPS) is 17.2. The van der Waals surface area contributed by atoms with Gasteiger partial charge in [-0.25, -0.2) is 9.93 Å². The van der Waals surface area contributed by atoms with Gasteiger partial charge in [-0.1, -0.05) is 12.1 Å². The number of hydrogen-bond donors (Lipinski definition) is 3. The van der Waals surface area contributed by atoms with Crippen molar-refractivity contribution in [2.75, 3.05) is 24.7 Å². The van der Waals surface area contributed by atoms with Crippen molar-refractivity contribution in [3.05, 3.63) is 24.3 Å². The van der Waals surface area contributed by atoms with E-state index in [0.717, 1.165) is 10.6 Å². The molecule has 0 radical (unpaired) electrons. The molecule has 1 heterocycles. The lowest BCUT2D eigenvalue weighted by Crippen LogP contribution is -2.49. The fourth-order valence-corrected chi connectivity index (χ4v) is 3.62. The highest BCUT2D eigenvalue weighted by atomic mass is 32.2. The third-order valence-corrected chi connectivity index (χ3v) is 5.38. The van der Waals surface area contributed by atoms with Gasteiger partial charge < -0.3 is 10.6 Å². The van der Waals surface area contributed by atoms with Crippen LogP contribution in [0, 0.1) is 0 Å². The topological polar surface area (TPSA) is 105 Å². The number of nitrogens with zero attached hydrogens (tertiary/aromatic N) is 1. The highest BCUT2D eigenvalue weighted by Crippen LogP contribution is 2.24. The Bertz CT molecular complexity index is 628. The highest BCUT2D eigenvalue weighted by Gasteiger charge is 2.26. The average Bonchev–Trinajstić information content (AvgIpc) is 2.47. The van der Waals surface area contributed by atoms with Crippen molar-refractivity contribution in [1.29, 1.82) is 0 Å². The molecule has 122 valence electrons. The molecule has 0 aromatic heterocycles. The summed E-state index contributed by atoms with van der Waals surface area (Å²) in [4.78, 5) is 13.0. The van der Waals surface area contributed by atoms with Gasteiger partial charge in [0.1, 0.15) is 0 Å². The Balaban J connectivity index is 1.86. The van der Waals surface area contributed by atoms with Crippen LogP contribution in [0.4, 0.5) is 10.5 Å². The number of urea groups is 1. The lowest BCUT2D eigenvalue weighted by atomic mass is 10.1. The van der Waals surface area contributed by atoms with Crippen LogP contribution in [0.5, 0.6) is 0 Å². The van der Waals surface area contributed by atoms with Crippen molar-refractivity contribution >= 4 is 33.7 Å². The number of para-hydroxylation sites is 1. The number of carbonyl (C=O) groups is 1. The molecule has 7 nitrogen and oxygen atoms in total. The zero-order chi connectivity index (χ0) is 16.2. The van der Waals surface area contributed by atoms with Gasteiger partial charge in [-0.3, -0.25) is 0 Å². The molecule has 9 heteroatoms. The summed E-state index contributed by atoms with van der Waals surface area (Å²) in [5, 5.41) is 10.8. The van der Waals surface area contributed by atoms with E-state index in [1.807, 2.05) is 30.5 Å². The van der Waals surface area contributed by atoms with Crippen LogP contribution < -0.4 is 15.8 Å². The highest BCUT2D eigenvalue weighted by molar-refractivity contribution is 7.98. The summed E-state index contributed by atoms with van der Waals surface area (Å²) < 4.78 is 23.7. The summed E-state index contributed by atoms with van der Waals surface area (Å²) in [7, 11) is -3.63. The molecule has 2 amide bonds. The monoisotopic (exact) mass is 344 g/mol. The molecule has 0 aliphatic carbocycles. The SMILES string of the molecule is CSc1ccccc1NC(=O)NC1CCN(S(N)(=O)=O)CC1. The van der Waals surface area contributed by atoms with Crippen LogP contribution in [0.1, 0.15) is 12.8 Å². The number of anilines is 1. The minimum atomic E-state index is -3.63. The number of thioether (sulfide) groups is 1. The Morgan fingerprint density at radius 2 is 1.95 bits per heavy atom. The van der Waals surface area contributed by atoms with Crippen molar-refractivity contribution in [3.8, 4) is 0 Å². The molecule has 1 saturated heterocycles. The van der Waals surface area contributed by atoms with E-state index in [1.54, 1.807) is 11.8 Å². The zero-order valence-corrected chi connectivity index (χ0v) is 13.9. The lowest BCUT2D eigenvalue weighted by Gasteiger charge is -2.30. The van der Waals surface area contributed by atoms with Crippen molar-refractivity contribution in [2.24, 2.45) is 5.14 Å². The van der Waals surface area contributed by atoms with Gasteiger partial charge in [-0.05, 0) is 31.2 Å². The molecule has 0 unspecified atom stereocenters. The van der Waals surface area contributed by atoms with Crippen LogP contribution in [-0.2, 0) is 10.2 Å². The summed E-state index contributed by atoms with van der Waals surface area (Å²) in [5.41, 5.74) is 0.759. The van der Waals surface area contributed by atoms with Gasteiger partial charge in [0.05, 0.1) is 5.69 Å². The molecule has 1 aromatic carbocycles. The number of nitrogens with one attached hydrogen (secondary N) is 2. The van der Waals surface area contributed by atoms with Crippen molar-refractivity contribution in [2.45, 2.75) is 23.8 Å². The summed E-state index contributed by atoms with van der Waals surface area (Å²) in [5.74, 6) is 0. The molecule has 0 spiro atoms. The molecule has 2 rings (SSSR count). The first-order valence-corrected chi connectivity index (χ1v) is 9.61. The Morgan fingerprint density at radius 3 is 2.55 bits per heavy atom. The zero-order valence-electron chi connectivity index (χ0n) is 12.3. The second kappa shape index (κ2) is 7.32. The second-order valence-electron chi connectivity index (χ2n) is 5.02. The number of rotatable bonds is 4. The van der Waals surface area contributed by atoms with Crippen molar-refractivity contribution < 1.29 is 13.2 Å². The Kier molecular flexibility index (Phi) is 5.68.